The van der Waals surface area contributed by atoms with E-state index < -0.39 is 53.4 Å². The van der Waals surface area contributed by atoms with Crippen LogP contribution in [0.1, 0.15) is 31.9 Å². The van der Waals surface area contributed by atoms with Crippen molar-refractivity contribution in [1.82, 2.24) is 5.32 Å². The number of halogens is 1. The quantitative estimate of drug-likeness (QED) is 0.741. The van der Waals surface area contributed by atoms with E-state index in [2.05, 4.69) is 5.32 Å². The van der Waals surface area contributed by atoms with Crippen molar-refractivity contribution < 1.29 is 29.0 Å². The van der Waals surface area contributed by atoms with Crippen molar-refractivity contribution in [2.45, 2.75) is 26.3 Å². The van der Waals surface area contributed by atoms with Crippen LogP contribution in [0.15, 0.2) is 24.3 Å². The average molecular weight is 323 g/mol. The number of aliphatic carboxylic acids is 2. The lowest BCUT2D eigenvalue weighted by molar-refractivity contribution is -0.141. The fourth-order valence-corrected chi connectivity index (χ4v) is 3.00. The lowest BCUT2D eigenvalue weighted by Gasteiger charge is -2.18. The van der Waals surface area contributed by atoms with Gasteiger partial charge < -0.3 is 15.5 Å². The van der Waals surface area contributed by atoms with E-state index >= 15 is 0 Å². The maximum absolute atomic E-state index is 13.3. The molecule has 3 atom stereocenters. The molecule has 0 bridgehead atoms. The van der Waals surface area contributed by atoms with Crippen molar-refractivity contribution in [2.24, 2.45) is 17.3 Å². The standard InChI is InChI=1S/C16H18FNO5/c1-16(2)12(13(16)15(22)23)14(21)18-10(7-11(19)20)8-4-3-5-9(17)6-8/h3-6,10,12-13H,7H2,1-2H3,(H,18,21)(H,19,20)(H,22,23)/t10-,12-,13+/m0/s1. The summed E-state index contributed by atoms with van der Waals surface area (Å²) in [5.41, 5.74) is -0.364. The third-order valence-electron chi connectivity index (χ3n) is 4.32. The van der Waals surface area contributed by atoms with Crippen LogP contribution in [-0.4, -0.2) is 28.1 Å². The van der Waals surface area contributed by atoms with Crippen molar-refractivity contribution in [3.63, 3.8) is 0 Å². The van der Waals surface area contributed by atoms with Gasteiger partial charge in [-0.05, 0) is 23.1 Å². The summed E-state index contributed by atoms with van der Waals surface area (Å²) in [6.45, 7) is 3.34. The Morgan fingerprint density at radius 1 is 1.26 bits per heavy atom. The Morgan fingerprint density at radius 3 is 2.39 bits per heavy atom. The number of carbonyl (C=O) groups is 3. The summed E-state index contributed by atoms with van der Waals surface area (Å²) < 4.78 is 13.3. The number of hydrogen-bond acceptors (Lipinski definition) is 3. The lowest BCUT2D eigenvalue weighted by atomic mass is 10.0. The Hall–Kier alpha value is -2.44. The molecule has 0 radical (unpaired) electrons. The monoisotopic (exact) mass is 323 g/mol. The number of carboxylic acids is 2. The molecule has 0 heterocycles. The average Bonchev–Trinajstić information content (AvgIpc) is 3.00. The van der Waals surface area contributed by atoms with Crippen LogP contribution in [0.25, 0.3) is 0 Å². The number of carbonyl (C=O) groups excluding carboxylic acids is 1. The van der Waals surface area contributed by atoms with E-state index in [1.54, 1.807) is 13.8 Å². The van der Waals surface area contributed by atoms with Gasteiger partial charge in [-0.2, -0.15) is 0 Å². The van der Waals surface area contributed by atoms with Crippen LogP contribution in [0.4, 0.5) is 4.39 Å². The number of hydrogen-bond donors (Lipinski definition) is 3. The SMILES string of the molecule is CC1(C)[C@H](C(=O)N[C@@H](CC(=O)O)c2cccc(F)c2)[C@@H]1C(=O)O. The third kappa shape index (κ3) is 3.49. The minimum absolute atomic E-state index is 0.325. The molecule has 1 amide bonds. The number of amides is 1. The Kier molecular flexibility index (Phi) is 4.40. The predicted octanol–water partition coefficient (Wildman–Crippen LogP) is 1.81. The number of nitrogens with one attached hydrogen (secondary N) is 1. The summed E-state index contributed by atoms with van der Waals surface area (Å²) in [6, 6.07) is 4.39. The zero-order chi connectivity index (χ0) is 17.4. The van der Waals surface area contributed by atoms with Crippen molar-refractivity contribution in [3.05, 3.63) is 35.6 Å². The zero-order valence-electron chi connectivity index (χ0n) is 12.7. The molecule has 0 saturated heterocycles. The van der Waals surface area contributed by atoms with Gasteiger partial charge in [-0.15, -0.1) is 0 Å². The summed E-state index contributed by atoms with van der Waals surface area (Å²) in [4.78, 5) is 34.5. The highest BCUT2D eigenvalue weighted by Crippen LogP contribution is 2.58. The molecule has 0 spiro atoms. The van der Waals surface area contributed by atoms with Gasteiger partial charge in [0.1, 0.15) is 5.82 Å². The van der Waals surface area contributed by atoms with Crippen molar-refractivity contribution in [3.8, 4) is 0 Å². The molecule has 23 heavy (non-hydrogen) atoms. The molecular formula is C16H18FNO5. The minimum atomic E-state index is -1.15. The van der Waals surface area contributed by atoms with Crippen LogP contribution in [0.2, 0.25) is 0 Å². The third-order valence-corrected chi connectivity index (χ3v) is 4.32. The van der Waals surface area contributed by atoms with Gasteiger partial charge in [0.05, 0.1) is 24.3 Å². The van der Waals surface area contributed by atoms with Crippen LogP contribution in [0.3, 0.4) is 0 Å². The molecule has 124 valence electrons. The number of benzene rings is 1. The Balaban J connectivity index is 2.17. The fraction of sp³-hybridized carbons (Fsp3) is 0.438. The molecule has 3 N–H and O–H groups in total. The molecule has 0 aliphatic heterocycles. The second kappa shape index (κ2) is 5.98. The lowest BCUT2D eigenvalue weighted by Crippen LogP contribution is -2.33. The first-order valence-corrected chi connectivity index (χ1v) is 7.15. The van der Waals surface area contributed by atoms with Gasteiger partial charge in [-0.3, -0.25) is 14.4 Å². The van der Waals surface area contributed by atoms with Gasteiger partial charge in [0.15, 0.2) is 0 Å². The van der Waals surface area contributed by atoms with Crippen LogP contribution >= 0.6 is 0 Å². The molecule has 7 heteroatoms. The highest BCUT2D eigenvalue weighted by molar-refractivity contribution is 5.92. The second-order valence-electron chi connectivity index (χ2n) is 6.33. The van der Waals surface area contributed by atoms with Crippen LogP contribution in [0.5, 0.6) is 0 Å². The maximum atomic E-state index is 13.3. The van der Waals surface area contributed by atoms with Crippen molar-refractivity contribution >= 4 is 17.8 Å². The van der Waals surface area contributed by atoms with Gasteiger partial charge in [0.25, 0.3) is 0 Å². The van der Waals surface area contributed by atoms with E-state index in [4.69, 9.17) is 10.2 Å². The molecule has 1 saturated carbocycles. The zero-order valence-corrected chi connectivity index (χ0v) is 12.7. The molecule has 0 aromatic heterocycles. The highest BCUT2D eigenvalue weighted by atomic mass is 19.1. The molecule has 0 unspecified atom stereocenters. The number of rotatable bonds is 6. The molecular weight excluding hydrogens is 305 g/mol. The van der Waals surface area contributed by atoms with E-state index in [-0.39, 0.29) is 0 Å². The van der Waals surface area contributed by atoms with Gasteiger partial charge in [0, 0.05) is 0 Å². The molecule has 6 nitrogen and oxygen atoms in total. The molecule has 1 aliphatic carbocycles. The van der Waals surface area contributed by atoms with Gasteiger partial charge in [0.2, 0.25) is 5.91 Å². The smallest absolute Gasteiger partial charge is 0.307 e. The van der Waals surface area contributed by atoms with E-state index in [9.17, 15) is 18.8 Å². The Morgan fingerprint density at radius 2 is 1.91 bits per heavy atom. The van der Waals surface area contributed by atoms with Gasteiger partial charge in [-0.25, -0.2) is 4.39 Å². The normalized spacial score (nSPS) is 22.9. The minimum Gasteiger partial charge on any atom is -0.481 e. The van der Waals surface area contributed by atoms with Gasteiger partial charge >= 0.3 is 11.9 Å². The molecule has 1 aromatic rings. The second-order valence-corrected chi connectivity index (χ2v) is 6.33. The Bertz CT molecular complexity index is 658. The van der Waals surface area contributed by atoms with Crippen LogP contribution < -0.4 is 5.32 Å². The van der Waals surface area contributed by atoms with E-state index in [0.29, 0.717) is 5.56 Å². The predicted molar refractivity (Wildman–Crippen MR) is 77.9 cm³/mol. The summed E-state index contributed by atoms with van der Waals surface area (Å²) in [7, 11) is 0. The summed E-state index contributed by atoms with van der Waals surface area (Å²) in [6.07, 6.45) is -0.417. The van der Waals surface area contributed by atoms with E-state index in [1.807, 2.05) is 0 Å². The molecule has 1 fully saturated rings. The summed E-state index contributed by atoms with van der Waals surface area (Å²) in [5, 5.41) is 20.6. The van der Waals surface area contributed by atoms with Gasteiger partial charge in [-0.1, -0.05) is 26.0 Å². The van der Waals surface area contributed by atoms with Crippen molar-refractivity contribution in [1.29, 1.82) is 0 Å². The molecule has 2 rings (SSSR count). The largest absolute Gasteiger partial charge is 0.481 e. The summed E-state index contributed by atoms with van der Waals surface area (Å²) >= 11 is 0. The Labute approximate surface area is 132 Å². The highest BCUT2D eigenvalue weighted by Gasteiger charge is 2.66. The van der Waals surface area contributed by atoms with Crippen molar-refractivity contribution in [2.75, 3.05) is 0 Å². The van der Waals surface area contributed by atoms with Crippen LogP contribution in [-0.2, 0) is 14.4 Å². The van der Waals surface area contributed by atoms with Crippen LogP contribution in [0, 0.1) is 23.1 Å². The molecule has 1 aliphatic rings. The first-order chi connectivity index (χ1) is 10.6. The summed E-state index contributed by atoms with van der Waals surface area (Å²) in [5.74, 6) is -4.81. The van der Waals surface area contributed by atoms with E-state index in [0.717, 1.165) is 6.07 Å². The topological polar surface area (TPSA) is 104 Å². The maximum Gasteiger partial charge on any atom is 0.307 e. The first-order valence-electron chi connectivity index (χ1n) is 7.15. The van der Waals surface area contributed by atoms with E-state index in [1.165, 1.54) is 18.2 Å². The molecule has 1 aromatic carbocycles. The fourth-order valence-electron chi connectivity index (χ4n) is 3.00. The first kappa shape index (κ1) is 16.9. The number of carboxylic acid groups (broad SMARTS) is 2.